The van der Waals surface area contributed by atoms with Crippen LogP contribution in [0.3, 0.4) is 0 Å². The van der Waals surface area contributed by atoms with Gasteiger partial charge in [0.1, 0.15) is 12.4 Å². The largest absolute Gasteiger partial charge is 0.491 e. The molecule has 29 heavy (non-hydrogen) atoms. The fraction of sp³-hybridized carbons (Fsp3) is 0.250. The summed E-state index contributed by atoms with van der Waals surface area (Å²) in [7, 11) is 0. The summed E-state index contributed by atoms with van der Waals surface area (Å²) in [6, 6.07) is 13.6. The maximum absolute atomic E-state index is 12.3. The standard InChI is InChI=1S/C20H22ClN3O4S/c1-2-27-10-11-28-17-5-3-4-15(13-17)19(26)22-20(29)24-23-18(25)12-14-6-8-16(21)9-7-14/h3-9,13H,2,10-12H2,1H3,(H,23,25)(H2,22,24,26,29). The van der Waals surface area contributed by atoms with Gasteiger partial charge in [0, 0.05) is 17.2 Å². The van der Waals surface area contributed by atoms with E-state index >= 15 is 0 Å². The van der Waals surface area contributed by atoms with Crippen molar-refractivity contribution in [1.82, 2.24) is 16.2 Å². The first-order valence-corrected chi connectivity index (χ1v) is 9.71. The van der Waals surface area contributed by atoms with Crippen LogP contribution in [0.15, 0.2) is 48.5 Å². The zero-order valence-corrected chi connectivity index (χ0v) is 17.4. The van der Waals surface area contributed by atoms with Crippen LogP contribution in [0.25, 0.3) is 0 Å². The molecule has 0 saturated heterocycles. The zero-order valence-electron chi connectivity index (χ0n) is 15.9. The molecular weight excluding hydrogens is 414 g/mol. The summed E-state index contributed by atoms with van der Waals surface area (Å²) < 4.78 is 10.7. The number of hydrogen-bond acceptors (Lipinski definition) is 5. The third-order valence-electron chi connectivity index (χ3n) is 3.62. The van der Waals surface area contributed by atoms with Crippen molar-refractivity contribution in [2.45, 2.75) is 13.3 Å². The van der Waals surface area contributed by atoms with E-state index in [1.54, 1.807) is 48.5 Å². The molecule has 2 rings (SSSR count). The summed E-state index contributed by atoms with van der Waals surface area (Å²) in [4.78, 5) is 24.3. The second kappa shape index (κ2) is 12.0. The first kappa shape index (κ1) is 22.6. The normalized spacial score (nSPS) is 10.1. The van der Waals surface area contributed by atoms with Crippen LogP contribution in [-0.4, -0.2) is 36.7 Å². The minimum absolute atomic E-state index is 0.0258. The molecule has 0 heterocycles. The molecule has 0 bridgehead atoms. The molecule has 0 radical (unpaired) electrons. The number of carbonyl (C=O) groups excluding carboxylic acids is 2. The summed E-state index contributed by atoms with van der Waals surface area (Å²) in [6.07, 6.45) is 0.141. The number of benzene rings is 2. The van der Waals surface area contributed by atoms with E-state index in [0.717, 1.165) is 5.56 Å². The minimum Gasteiger partial charge on any atom is -0.491 e. The molecule has 0 atom stereocenters. The lowest BCUT2D eigenvalue weighted by molar-refractivity contribution is -0.121. The summed E-state index contributed by atoms with van der Waals surface area (Å²) >= 11 is 10.9. The van der Waals surface area contributed by atoms with E-state index < -0.39 is 5.91 Å². The Labute approximate surface area is 179 Å². The topological polar surface area (TPSA) is 88.7 Å². The van der Waals surface area contributed by atoms with E-state index in [-0.39, 0.29) is 17.4 Å². The molecule has 0 saturated carbocycles. The van der Waals surface area contributed by atoms with Gasteiger partial charge in [0.05, 0.1) is 13.0 Å². The summed E-state index contributed by atoms with van der Waals surface area (Å²) in [5.74, 6) is -0.189. The van der Waals surface area contributed by atoms with Gasteiger partial charge in [-0.1, -0.05) is 29.8 Å². The number of amides is 2. The van der Waals surface area contributed by atoms with E-state index in [1.807, 2.05) is 6.92 Å². The Bertz CT molecular complexity index is 846. The molecular formula is C20H22ClN3O4S. The van der Waals surface area contributed by atoms with Crippen molar-refractivity contribution >= 4 is 40.7 Å². The number of hydrazine groups is 1. The Balaban J connectivity index is 1.77. The van der Waals surface area contributed by atoms with Gasteiger partial charge in [-0.2, -0.15) is 0 Å². The third kappa shape index (κ3) is 8.47. The Morgan fingerprint density at radius 3 is 2.55 bits per heavy atom. The number of hydrogen-bond donors (Lipinski definition) is 3. The first-order valence-electron chi connectivity index (χ1n) is 8.93. The molecule has 0 aliphatic carbocycles. The van der Waals surface area contributed by atoms with E-state index in [0.29, 0.717) is 36.2 Å². The molecule has 0 aromatic heterocycles. The van der Waals surface area contributed by atoms with E-state index in [2.05, 4.69) is 16.2 Å². The number of thiocarbonyl (C=S) groups is 1. The van der Waals surface area contributed by atoms with Crippen LogP contribution in [0.4, 0.5) is 0 Å². The van der Waals surface area contributed by atoms with Crippen LogP contribution < -0.4 is 20.9 Å². The molecule has 3 N–H and O–H groups in total. The molecule has 0 aliphatic heterocycles. The van der Waals surface area contributed by atoms with E-state index in [1.165, 1.54) is 0 Å². The van der Waals surface area contributed by atoms with E-state index in [9.17, 15) is 9.59 Å². The van der Waals surface area contributed by atoms with Crippen molar-refractivity contribution in [1.29, 1.82) is 0 Å². The maximum Gasteiger partial charge on any atom is 0.257 e. The second-order valence-electron chi connectivity index (χ2n) is 5.83. The summed E-state index contributed by atoms with van der Waals surface area (Å²) in [5, 5.41) is 3.07. The number of nitrogens with one attached hydrogen (secondary N) is 3. The Morgan fingerprint density at radius 2 is 1.83 bits per heavy atom. The molecule has 2 aromatic carbocycles. The van der Waals surface area contributed by atoms with Gasteiger partial charge in [-0.25, -0.2) is 0 Å². The number of carbonyl (C=O) groups is 2. The number of ether oxygens (including phenoxy) is 2. The zero-order chi connectivity index (χ0) is 21.1. The predicted molar refractivity (Wildman–Crippen MR) is 115 cm³/mol. The molecule has 0 fully saturated rings. The van der Waals surface area contributed by atoms with Crippen LogP contribution in [0, 0.1) is 0 Å². The van der Waals surface area contributed by atoms with Crippen molar-refractivity contribution in [3.63, 3.8) is 0 Å². The Morgan fingerprint density at radius 1 is 1.07 bits per heavy atom. The Hall–Kier alpha value is -2.68. The molecule has 9 heteroatoms. The van der Waals surface area contributed by atoms with Crippen molar-refractivity contribution in [2.75, 3.05) is 19.8 Å². The SMILES string of the molecule is CCOCCOc1cccc(C(=O)NC(=S)NNC(=O)Cc2ccc(Cl)cc2)c1. The quantitative estimate of drug-likeness (QED) is 0.335. The van der Waals surface area contributed by atoms with Gasteiger partial charge in [-0.15, -0.1) is 0 Å². The van der Waals surface area contributed by atoms with Crippen LogP contribution in [0.2, 0.25) is 5.02 Å². The highest BCUT2D eigenvalue weighted by molar-refractivity contribution is 7.80. The highest BCUT2D eigenvalue weighted by Gasteiger charge is 2.10. The fourth-order valence-corrected chi connectivity index (χ4v) is 2.52. The van der Waals surface area contributed by atoms with Crippen LogP contribution in [-0.2, 0) is 16.0 Å². The molecule has 2 aromatic rings. The van der Waals surface area contributed by atoms with E-state index in [4.69, 9.17) is 33.3 Å². The lowest BCUT2D eigenvalue weighted by atomic mass is 10.1. The summed E-state index contributed by atoms with van der Waals surface area (Å²) in [6.45, 7) is 3.38. The highest BCUT2D eigenvalue weighted by Crippen LogP contribution is 2.13. The maximum atomic E-state index is 12.3. The lowest BCUT2D eigenvalue weighted by Gasteiger charge is -2.12. The molecule has 0 aliphatic rings. The van der Waals surface area contributed by atoms with Crippen LogP contribution >= 0.6 is 23.8 Å². The fourth-order valence-electron chi connectivity index (χ4n) is 2.25. The summed E-state index contributed by atoms with van der Waals surface area (Å²) in [5.41, 5.74) is 6.11. The highest BCUT2D eigenvalue weighted by atomic mass is 35.5. The van der Waals surface area contributed by atoms with Gasteiger partial charge in [0.25, 0.3) is 5.91 Å². The minimum atomic E-state index is -0.426. The predicted octanol–water partition coefficient (Wildman–Crippen LogP) is 2.63. The number of halogens is 1. The first-order chi connectivity index (χ1) is 14.0. The number of rotatable bonds is 8. The van der Waals surface area contributed by atoms with Gasteiger partial charge in [-0.3, -0.25) is 25.8 Å². The second-order valence-corrected chi connectivity index (χ2v) is 6.68. The van der Waals surface area contributed by atoms with Crippen LogP contribution in [0.5, 0.6) is 5.75 Å². The average molecular weight is 436 g/mol. The molecule has 7 nitrogen and oxygen atoms in total. The van der Waals surface area contributed by atoms with Gasteiger partial charge in [-0.05, 0) is 55.0 Å². The third-order valence-corrected chi connectivity index (χ3v) is 4.07. The molecule has 0 unspecified atom stereocenters. The van der Waals surface area contributed by atoms with Crippen molar-refractivity contribution in [3.05, 3.63) is 64.7 Å². The van der Waals surface area contributed by atoms with Gasteiger partial charge in [0.15, 0.2) is 5.11 Å². The smallest absolute Gasteiger partial charge is 0.257 e. The monoisotopic (exact) mass is 435 g/mol. The van der Waals surface area contributed by atoms with Crippen LogP contribution in [0.1, 0.15) is 22.8 Å². The van der Waals surface area contributed by atoms with Gasteiger partial charge >= 0.3 is 0 Å². The Kier molecular flexibility index (Phi) is 9.36. The lowest BCUT2D eigenvalue weighted by Crippen LogP contribution is -2.48. The van der Waals surface area contributed by atoms with Gasteiger partial charge in [0.2, 0.25) is 5.91 Å². The van der Waals surface area contributed by atoms with Crippen molar-refractivity contribution < 1.29 is 19.1 Å². The van der Waals surface area contributed by atoms with Crippen molar-refractivity contribution in [3.8, 4) is 5.75 Å². The molecule has 2 amide bonds. The molecule has 0 spiro atoms. The molecule has 154 valence electrons. The van der Waals surface area contributed by atoms with Crippen molar-refractivity contribution in [2.24, 2.45) is 0 Å². The van der Waals surface area contributed by atoms with Gasteiger partial charge < -0.3 is 9.47 Å². The average Bonchev–Trinajstić information content (AvgIpc) is 2.71.